The lowest BCUT2D eigenvalue weighted by Gasteiger charge is -2.45. The van der Waals surface area contributed by atoms with Gasteiger partial charge in [0.2, 0.25) is 0 Å². The Morgan fingerprint density at radius 3 is 2.27 bits per heavy atom. The molecule has 0 radical (unpaired) electrons. The first-order chi connectivity index (χ1) is 14.5. The summed E-state index contributed by atoms with van der Waals surface area (Å²) in [4.78, 5) is 13.5. The highest BCUT2D eigenvalue weighted by Gasteiger charge is 2.66. The molecule has 14 unspecified atom stereocenters. The van der Waals surface area contributed by atoms with E-state index >= 15 is 0 Å². The highest BCUT2D eigenvalue weighted by molar-refractivity contribution is 5.74. The van der Waals surface area contributed by atoms with Gasteiger partial charge < -0.3 is 4.74 Å². The quantitative estimate of drug-likeness (QED) is 0.340. The summed E-state index contributed by atoms with van der Waals surface area (Å²) in [6, 6.07) is 0. The van der Waals surface area contributed by atoms with Crippen molar-refractivity contribution in [1.29, 1.82) is 0 Å². The Hall–Kier alpha value is -0.790. The van der Waals surface area contributed by atoms with Crippen molar-refractivity contribution in [2.45, 2.75) is 70.8 Å². The predicted octanol–water partition coefficient (Wildman–Crippen LogP) is 5.72. The van der Waals surface area contributed by atoms with Crippen LogP contribution in [-0.2, 0) is 9.53 Å². The van der Waals surface area contributed by atoms with Crippen LogP contribution < -0.4 is 0 Å². The number of ether oxygens (including phenoxy) is 1. The van der Waals surface area contributed by atoms with Gasteiger partial charge in [-0.25, -0.2) is 0 Å². The summed E-state index contributed by atoms with van der Waals surface area (Å²) in [6.07, 6.45) is 16.1. The van der Waals surface area contributed by atoms with Gasteiger partial charge in [-0.3, -0.25) is 4.79 Å². The zero-order chi connectivity index (χ0) is 19.9. The third-order valence-corrected chi connectivity index (χ3v) is 12.6. The molecule has 8 aliphatic rings. The standard InChI is InChI=1S/C28H38O2/c1-28(2,22-12-18-11-21(22)26-16-6-4-14(8-16)24(18)26)30-27(29)20-10-17-9-19(20)25-15-5-3-13(7-15)23(17)25/h3,5,13-26H,4,6-12H2,1-2H3. The van der Waals surface area contributed by atoms with Crippen LogP contribution in [0.25, 0.3) is 0 Å². The molecule has 7 fully saturated rings. The van der Waals surface area contributed by atoms with E-state index in [2.05, 4.69) is 26.0 Å². The van der Waals surface area contributed by atoms with E-state index in [0.717, 1.165) is 71.5 Å². The molecule has 2 heteroatoms. The maximum absolute atomic E-state index is 13.5. The van der Waals surface area contributed by atoms with Crippen molar-refractivity contribution in [2.75, 3.05) is 0 Å². The fourth-order valence-electron chi connectivity index (χ4n) is 12.1. The number of carbonyl (C=O) groups is 1. The second kappa shape index (κ2) is 5.57. The zero-order valence-electron chi connectivity index (χ0n) is 18.7. The lowest BCUT2D eigenvalue weighted by Crippen LogP contribution is -2.46. The molecule has 30 heavy (non-hydrogen) atoms. The minimum atomic E-state index is -0.265. The Balaban J connectivity index is 0.998. The Labute approximate surface area is 181 Å². The third kappa shape index (κ3) is 2.02. The predicted molar refractivity (Wildman–Crippen MR) is 115 cm³/mol. The number of carbonyl (C=O) groups excluding carboxylic acids is 1. The van der Waals surface area contributed by atoms with Crippen molar-refractivity contribution in [3.05, 3.63) is 12.2 Å². The number of esters is 1. The van der Waals surface area contributed by atoms with Gasteiger partial charge in [0.15, 0.2) is 0 Å². The fourth-order valence-corrected chi connectivity index (χ4v) is 12.1. The minimum Gasteiger partial charge on any atom is -0.459 e. The Morgan fingerprint density at radius 2 is 1.43 bits per heavy atom. The smallest absolute Gasteiger partial charge is 0.309 e. The molecule has 8 bridgehead atoms. The molecule has 0 N–H and O–H groups in total. The SMILES string of the molecule is CC(C)(OC(=O)C1CC2CC1C1C3C=CC(C3)C21)C1CC2CC1C1C3CCC(C3)C21. The van der Waals surface area contributed by atoms with E-state index in [4.69, 9.17) is 4.74 Å². The molecule has 0 spiro atoms. The molecule has 0 aromatic heterocycles. The number of hydrogen-bond acceptors (Lipinski definition) is 2. The van der Waals surface area contributed by atoms with E-state index in [9.17, 15) is 4.79 Å². The Bertz CT molecular complexity index is 826. The Kier molecular flexibility index (Phi) is 3.29. The van der Waals surface area contributed by atoms with Crippen LogP contribution in [0.2, 0.25) is 0 Å². The molecule has 7 saturated carbocycles. The van der Waals surface area contributed by atoms with Gasteiger partial charge in [0.25, 0.3) is 0 Å². The first kappa shape index (κ1) is 17.7. The Morgan fingerprint density at radius 1 is 0.733 bits per heavy atom. The summed E-state index contributed by atoms with van der Waals surface area (Å²) < 4.78 is 6.51. The van der Waals surface area contributed by atoms with Gasteiger partial charge in [0, 0.05) is 5.92 Å². The number of hydrogen-bond donors (Lipinski definition) is 0. The van der Waals surface area contributed by atoms with Crippen LogP contribution in [0.15, 0.2) is 12.2 Å². The van der Waals surface area contributed by atoms with Crippen LogP contribution in [0, 0.1) is 82.9 Å². The van der Waals surface area contributed by atoms with Gasteiger partial charge in [-0.1, -0.05) is 12.2 Å². The van der Waals surface area contributed by atoms with E-state index in [1.54, 1.807) is 0 Å². The van der Waals surface area contributed by atoms with Crippen molar-refractivity contribution in [3.63, 3.8) is 0 Å². The molecule has 14 atom stereocenters. The van der Waals surface area contributed by atoms with E-state index in [-0.39, 0.29) is 17.5 Å². The summed E-state index contributed by atoms with van der Waals surface area (Å²) in [6.45, 7) is 4.55. The minimum absolute atomic E-state index is 0.185. The van der Waals surface area contributed by atoms with Crippen LogP contribution in [0.3, 0.4) is 0 Å². The van der Waals surface area contributed by atoms with Gasteiger partial charge in [-0.2, -0.15) is 0 Å². The molecule has 0 aromatic carbocycles. The van der Waals surface area contributed by atoms with Crippen LogP contribution >= 0.6 is 0 Å². The molecule has 0 amide bonds. The van der Waals surface area contributed by atoms with Gasteiger partial charge in [-0.15, -0.1) is 0 Å². The topological polar surface area (TPSA) is 26.3 Å². The second-order valence-corrected chi connectivity index (χ2v) is 13.6. The molecule has 162 valence electrons. The molecule has 8 aliphatic carbocycles. The van der Waals surface area contributed by atoms with E-state index in [1.165, 1.54) is 44.9 Å². The average molecular weight is 407 g/mol. The maximum Gasteiger partial charge on any atom is 0.309 e. The van der Waals surface area contributed by atoms with Crippen LogP contribution in [0.5, 0.6) is 0 Å². The van der Waals surface area contributed by atoms with Gasteiger partial charge >= 0.3 is 5.97 Å². The summed E-state index contributed by atoms with van der Waals surface area (Å²) in [5, 5.41) is 0. The van der Waals surface area contributed by atoms with Crippen molar-refractivity contribution < 1.29 is 9.53 Å². The first-order valence-electron chi connectivity index (χ1n) is 13.4. The lowest BCUT2D eigenvalue weighted by molar-refractivity contribution is -0.174. The largest absolute Gasteiger partial charge is 0.459 e. The molecule has 0 heterocycles. The van der Waals surface area contributed by atoms with Gasteiger partial charge in [0.1, 0.15) is 5.60 Å². The van der Waals surface area contributed by atoms with Crippen LogP contribution in [0.4, 0.5) is 0 Å². The molecule has 8 rings (SSSR count). The van der Waals surface area contributed by atoms with Crippen molar-refractivity contribution >= 4 is 5.97 Å². The summed E-state index contributed by atoms with van der Waals surface area (Å²) in [5.41, 5.74) is -0.265. The molecular weight excluding hydrogens is 368 g/mol. The van der Waals surface area contributed by atoms with Gasteiger partial charge in [-0.05, 0) is 136 Å². The maximum atomic E-state index is 13.5. The fraction of sp³-hybridized carbons (Fsp3) is 0.893. The number of rotatable bonds is 3. The van der Waals surface area contributed by atoms with Crippen molar-refractivity contribution in [2.24, 2.45) is 82.9 Å². The second-order valence-electron chi connectivity index (χ2n) is 13.6. The highest BCUT2D eigenvalue weighted by Crippen LogP contribution is 2.71. The summed E-state index contributed by atoms with van der Waals surface area (Å²) >= 11 is 0. The van der Waals surface area contributed by atoms with Crippen molar-refractivity contribution in [3.8, 4) is 0 Å². The zero-order valence-corrected chi connectivity index (χ0v) is 18.7. The summed E-state index contributed by atoms with van der Waals surface area (Å²) in [5.74, 6) is 11.6. The average Bonchev–Trinajstić information content (AvgIpc) is 3.57. The number of fused-ring (bicyclic) bond motifs is 18. The lowest BCUT2D eigenvalue weighted by atomic mass is 9.64. The normalized spacial score (nSPS) is 60.6. The van der Waals surface area contributed by atoms with Crippen LogP contribution in [0.1, 0.15) is 65.2 Å². The molecule has 2 nitrogen and oxygen atoms in total. The van der Waals surface area contributed by atoms with Crippen LogP contribution in [-0.4, -0.2) is 11.6 Å². The van der Waals surface area contributed by atoms with Crippen molar-refractivity contribution in [1.82, 2.24) is 0 Å². The molecular formula is C28H38O2. The molecule has 0 aliphatic heterocycles. The third-order valence-electron chi connectivity index (χ3n) is 12.6. The van der Waals surface area contributed by atoms with Gasteiger partial charge in [0.05, 0.1) is 5.92 Å². The van der Waals surface area contributed by atoms with E-state index in [1.807, 2.05) is 0 Å². The molecule has 0 aromatic rings. The number of allylic oxidation sites excluding steroid dienone is 2. The highest BCUT2D eigenvalue weighted by atomic mass is 16.6. The summed E-state index contributed by atoms with van der Waals surface area (Å²) in [7, 11) is 0. The van der Waals surface area contributed by atoms with E-state index < -0.39 is 0 Å². The van der Waals surface area contributed by atoms with E-state index in [0.29, 0.717) is 11.8 Å². The first-order valence-corrected chi connectivity index (χ1v) is 13.4. The molecule has 0 saturated heterocycles. The monoisotopic (exact) mass is 406 g/mol.